The van der Waals surface area contributed by atoms with Gasteiger partial charge in [0.25, 0.3) is 5.91 Å². The summed E-state index contributed by atoms with van der Waals surface area (Å²) in [6.45, 7) is 2.38. The van der Waals surface area contributed by atoms with Gasteiger partial charge in [-0.05, 0) is 23.8 Å². The molecule has 8 heteroatoms. The molecule has 27 heavy (non-hydrogen) atoms. The number of morpholine rings is 1. The van der Waals surface area contributed by atoms with E-state index in [0.29, 0.717) is 23.0 Å². The molecule has 1 aliphatic rings. The van der Waals surface area contributed by atoms with E-state index in [9.17, 15) is 4.79 Å². The van der Waals surface area contributed by atoms with Crippen LogP contribution in [0, 0.1) is 0 Å². The minimum atomic E-state index is -0.232. The summed E-state index contributed by atoms with van der Waals surface area (Å²) < 4.78 is 7.32. The fraction of sp³-hybridized carbons (Fsp3) is 0.211. The van der Waals surface area contributed by atoms with Crippen molar-refractivity contribution in [1.82, 2.24) is 20.1 Å². The highest BCUT2D eigenvalue weighted by atomic mass is 35.5. The lowest BCUT2D eigenvalue weighted by Crippen LogP contribution is -2.33. The van der Waals surface area contributed by atoms with E-state index >= 15 is 0 Å². The molecule has 1 atom stereocenters. The average Bonchev–Trinajstić information content (AvgIpc) is 3.20. The average molecular weight is 384 g/mol. The quantitative estimate of drug-likeness (QED) is 0.677. The van der Waals surface area contributed by atoms with Gasteiger partial charge in [-0.2, -0.15) is 5.10 Å². The molecule has 138 valence electrons. The van der Waals surface area contributed by atoms with Gasteiger partial charge >= 0.3 is 0 Å². The summed E-state index contributed by atoms with van der Waals surface area (Å²) >= 11 is 5.90. The number of nitrogens with one attached hydrogen (secondary N) is 2. The largest absolute Gasteiger partial charge is 0.371 e. The Balaban J connectivity index is 1.43. The Morgan fingerprint density at radius 1 is 1.30 bits per heavy atom. The highest BCUT2D eigenvalue weighted by Gasteiger charge is 2.16. The highest BCUT2D eigenvalue weighted by molar-refractivity contribution is 6.29. The summed E-state index contributed by atoms with van der Waals surface area (Å²) in [7, 11) is 0. The van der Waals surface area contributed by atoms with Crippen LogP contribution in [-0.4, -0.2) is 40.4 Å². The third-order valence-electron chi connectivity index (χ3n) is 4.29. The Kier molecular flexibility index (Phi) is 5.15. The number of halogens is 1. The fourth-order valence-corrected chi connectivity index (χ4v) is 3.05. The smallest absolute Gasteiger partial charge is 0.258 e. The first-order chi connectivity index (χ1) is 13.2. The van der Waals surface area contributed by atoms with Crippen LogP contribution in [0.5, 0.6) is 0 Å². The van der Waals surface area contributed by atoms with Crippen molar-refractivity contribution in [3.8, 4) is 5.69 Å². The van der Waals surface area contributed by atoms with Crippen molar-refractivity contribution in [2.24, 2.45) is 0 Å². The van der Waals surface area contributed by atoms with Gasteiger partial charge in [0.1, 0.15) is 5.15 Å². The van der Waals surface area contributed by atoms with Crippen LogP contribution in [0.4, 0.5) is 5.69 Å². The number of pyridine rings is 1. The second-order valence-corrected chi connectivity index (χ2v) is 6.54. The van der Waals surface area contributed by atoms with Gasteiger partial charge in [-0.1, -0.05) is 23.7 Å². The Labute approximate surface area is 161 Å². The number of anilines is 1. The molecular weight excluding hydrogens is 366 g/mol. The van der Waals surface area contributed by atoms with Gasteiger partial charge in [0, 0.05) is 37.2 Å². The number of aromatic nitrogens is 3. The molecule has 3 aromatic rings. The molecule has 1 saturated heterocycles. The summed E-state index contributed by atoms with van der Waals surface area (Å²) in [6, 6.07) is 11.1. The Hall–Kier alpha value is -2.74. The van der Waals surface area contributed by atoms with Gasteiger partial charge < -0.3 is 15.4 Å². The maximum atomic E-state index is 12.5. The number of hydrogen-bond donors (Lipinski definition) is 2. The van der Waals surface area contributed by atoms with E-state index in [2.05, 4.69) is 20.7 Å². The second-order valence-electron chi connectivity index (χ2n) is 6.15. The second kappa shape index (κ2) is 7.87. The molecule has 2 aromatic heterocycles. The predicted octanol–water partition coefficient (Wildman–Crippen LogP) is 2.83. The van der Waals surface area contributed by atoms with Crippen LogP contribution in [0.2, 0.25) is 5.15 Å². The summed E-state index contributed by atoms with van der Waals surface area (Å²) in [6.07, 6.45) is 4.80. The molecule has 1 aliphatic heterocycles. The molecule has 4 rings (SSSR count). The minimum Gasteiger partial charge on any atom is -0.371 e. The van der Waals surface area contributed by atoms with E-state index in [4.69, 9.17) is 16.3 Å². The van der Waals surface area contributed by atoms with Crippen molar-refractivity contribution < 1.29 is 9.53 Å². The van der Waals surface area contributed by atoms with Gasteiger partial charge in [0.15, 0.2) is 0 Å². The minimum absolute atomic E-state index is 0.0499. The van der Waals surface area contributed by atoms with Crippen molar-refractivity contribution >= 4 is 23.2 Å². The topological polar surface area (TPSA) is 81.1 Å². The molecule has 0 radical (unpaired) electrons. The van der Waals surface area contributed by atoms with Gasteiger partial charge in [0.2, 0.25) is 0 Å². The number of ether oxygens (including phenoxy) is 1. The number of amides is 1. The molecule has 7 nitrogen and oxygen atoms in total. The molecule has 0 bridgehead atoms. The third kappa shape index (κ3) is 4.16. The van der Waals surface area contributed by atoms with Crippen LogP contribution in [-0.2, 0) is 4.74 Å². The highest BCUT2D eigenvalue weighted by Crippen LogP contribution is 2.21. The van der Waals surface area contributed by atoms with Crippen LogP contribution in [0.3, 0.4) is 0 Å². The first kappa shape index (κ1) is 17.7. The Bertz CT molecular complexity index is 935. The van der Waals surface area contributed by atoms with Gasteiger partial charge in [-0.25, -0.2) is 9.67 Å². The van der Waals surface area contributed by atoms with Gasteiger partial charge in [0.05, 0.1) is 30.2 Å². The summed E-state index contributed by atoms with van der Waals surface area (Å²) in [5.74, 6) is -0.232. The van der Waals surface area contributed by atoms with E-state index < -0.39 is 0 Å². The lowest BCUT2D eigenvalue weighted by molar-refractivity contribution is 0.0277. The maximum absolute atomic E-state index is 12.5. The van der Waals surface area contributed by atoms with Crippen LogP contribution >= 0.6 is 11.6 Å². The van der Waals surface area contributed by atoms with Crippen molar-refractivity contribution in [2.45, 2.75) is 6.10 Å². The first-order valence-corrected chi connectivity index (χ1v) is 8.97. The van der Waals surface area contributed by atoms with E-state index in [1.54, 1.807) is 29.2 Å². The lowest BCUT2D eigenvalue weighted by Gasteiger charge is -2.24. The van der Waals surface area contributed by atoms with Crippen molar-refractivity contribution in [2.75, 3.05) is 25.0 Å². The fourth-order valence-electron chi connectivity index (χ4n) is 2.88. The Morgan fingerprint density at radius 3 is 2.89 bits per heavy atom. The van der Waals surface area contributed by atoms with Gasteiger partial charge in [-0.3, -0.25) is 4.79 Å². The number of nitrogens with zero attached hydrogens (tertiary/aromatic N) is 3. The zero-order chi connectivity index (χ0) is 18.6. The molecule has 1 fully saturated rings. The molecule has 1 amide bonds. The zero-order valence-corrected chi connectivity index (χ0v) is 15.2. The first-order valence-electron chi connectivity index (χ1n) is 8.59. The molecule has 0 aliphatic carbocycles. The van der Waals surface area contributed by atoms with Crippen molar-refractivity contribution in [3.63, 3.8) is 0 Å². The number of rotatable bonds is 4. The van der Waals surface area contributed by atoms with Crippen molar-refractivity contribution in [3.05, 3.63) is 71.3 Å². The molecular formula is C19H18ClN5O2. The summed E-state index contributed by atoms with van der Waals surface area (Å²) in [5.41, 5.74) is 2.99. The van der Waals surface area contributed by atoms with E-state index in [1.165, 1.54) is 6.20 Å². The van der Waals surface area contributed by atoms with Crippen molar-refractivity contribution in [1.29, 1.82) is 0 Å². The third-order valence-corrected chi connectivity index (χ3v) is 4.49. The van der Waals surface area contributed by atoms with E-state index in [0.717, 1.165) is 24.3 Å². The molecule has 3 heterocycles. The standard InChI is InChI=1S/C19H18ClN5O2/c20-18-9-16(5-6-22-18)25-12-14(10-23-25)19(26)24-15-3-1-13(2-4-15)17-11-21-7-8-27-17/h1-6,9-10,12,17,21H,7-8,11H2,(H,24,26). The number of benzene rings is 1. The monoisotopic (exact) mass is 383 g/mol. The lowest BCUT2D eigenvalue weighted by atomic mass is 10.1. The molecule has 0 spiro atoms. The van der Waals surface area contributed by atoms with E-state index in [-0.39, 0.29) is 12.0 Å². The van der Waals surface area contributed by atoms with Crippen LogP contribution in [0.15, 0.2) is 55.0 Å². The van der Waals surface area contributed by atoms with Crippen LogP contribution in [0.1, 0.15) is 22.0 Å². The van der Waals surface area contributed by atoms with Gasteiger partial charge in [-0.15, -0.1) is 0 Å². The molecule has 1 unspecified atom stereocenters. The zero-order valence-electron chi connectivity index (χ0n) is 14.4. The molecule has 2 N–H and O–H groups in total. The van der Waals surface area contributed by atoms with E-state index in [1.807, 2.05) is 24.3 Å². The summed E-state index contributed by atoms with van der Waals surface area (Å²) in [5, 5.41) is 10.8. The van der Waals surface area contributed by atoms with Crippen LogP contribution < -0.4 is 10.6 Å². The Morgan fingerprint density at radius 2 is 2.15 bits per heavy atom. The number of carbonyl (C=O) groups is 1. The predicted molar refractivity (Wildman–Crippen MR) is 102 cm³/mol. The SMILES string of the molecule is O=C(Nc1ccc(C2CNCCO2)cc1)c1cnn(-c2ccnc(Cl)c2)c1. The molecule has 1 aromatic carbocycles. The number of hydrogen-bond acceptors (Lipinski definition) is 5. The maximum Gasteiger partial charge on any atom is 0.258 e. The normalized spacial score (nSPS) is 16.9. The molecule has 0 saturated carbocycles. The van der Waals surface area contributed by atoms with Crippen LogP contribution in [0.25, 0.3) is 5.69 Å². The summed E-state index contributed by atoms with van der Waals surface area (Å²) in [4.78, 5) is 16.4. The number of carbonyl (C=O) groups excluding carboxylic acids is 1.